The van der Waals surface area contributed by atoms with Crippen molar-refractivity contribution in [2.24, 2.45) is 0 Å². The highest BCUT2D eigenvalue weighted by molar-refractivity contribution is 6.00. The normalized spacial score (nSPS) is 17.0. The van der Waals surface area contributed by atoms with Crippen LogP contribution in [0.4, 0.5) is 5.69 Å². The van der Waals surface area contributed by atoms with Crippen LogP contribution in [0.3, 0.4) is 0 Å². The number of ether oxygens (including phenoxy) is 1. The number of ketones is 1. The van der Waals surface area contributed by atoms with Crippen LogP contribution in [0.2, 0.25) is 0 Å². The first-order valence-electron chi connectivity index (χ1n) is 7.40. The second-order valence-electron chi connectivity index (χ2n) is 5.14. The second-order valence-corrected chi connectivity index (χ2v) is 5.14. The molecule has 0 spiro atoms. The van der Waals surface area contributed by atoms with Crippen LogP contribution in [0.15, 0.2) is 24.3 Å². The molecule has 1 aliphatic rings. The van der Waals surface area contributed by atoms with E-state index in [1.807, 2.05) is 31.3 Å². The Hall–Kier alpha value is -1.39. The maximum absolute atomic E-state index is 12.4. The molecule has 0 aromatic heterocycles. The number of carbonyl (C=O) groups is 1. The van der Waals surface area contributed by atoms with Gasteiger partial charge < -0.3 is 15.0 Å². The molecular weight excluding hydrogens is 252 g/mol. The van der Waals surface area contributed by atoms with Crippen LogP contribution in [-0.4, -0.2) is 45.2 Å². The highest BCUT2D eigenvalue weighted by Gasteiger charge is 2.18. The number of nitrogens with zero attached hydrogens (tertiary/aromatic N) is 1. The molecule has 0 aliphatic carbocycles. The molecule has 110 valence electrons. The molecule has 1 aromatic rings. The van der Waals surface area contributed by atoms with Crippen molar-refractivity contribution < 1.29 is 9.53 Å². The van der Waals surface area contributed by atoms with Gasteiger partial charge in [0.05, 0.1) is 19.3 Å². The van der Waals surface area contributed by atoms with Crippen molar-refractivity contribution in [2.45, 2.75) is 25.8 Å². The molecule has 0 amide bonds. The Kier molecular flexibility index (Phi) is 5.56. The van der Waals surface area contributed by atoms with Gasteiger partial charge in [-0.05, 0) is 37.7 Å². The van der Waals surface area contributed by atoms with Crippen LogP contribution in [-0.2, 0) is 4.74 Å². The summed E-state index contributed by atoms with van der Waals surface area (Å²) < 4.78 is 5.35. The summed E-state index contributed by atoms with van der Waals surface area (Å²) in [6.07, 6.45) is 1.88. The molecule has 1 aliphatic heterocycles. The average molecular weight is 276 g/mol. The van der Waals surface area contributed by atoms with E-state index in [0.29, 0.717) is 0 Å². The molecule has 0 radical (unpaired) electrons. The van der Waals surface area contributed by atoms with Gasteiger partial charge in [-0.25, -0.2) is 0 Å². The summed E-state index contributed by atoms with van der Waals surface area (Å²) in [5.74, 6) is 0.183. The molecule has 20 heavy (non-hydrogen) atoms. The quantitative estimate of drug-likeness (QED) is 0.808. The SMILES string of the molecule is CCCC(NC)C(=O)c1ccc(N2CCOCC2)cc1. The minimum absolute atomic E-state index is 0.0748. The van der Waals surface area contributed by atoms with E-state index in [0.717, 1.165) is 44.7 Å². The van der Waals surface area contributed by atoms with Gasteiger partial charge in [0, 0.05) is 24.3 Å². The fourth-order valence-electron chi connectivity index (χ4n) is 2.55. The Labute approximate surface area is 121 Å². The molecule has 1 heterocycles. The van der Waals surface area contributed by atoms with Crippen LogP contribution in [0.1, 0.15) is 30.1 Å². The molecule has 1 saturated heterocycles. The molecule has 1 atom stereocenters. The number of hydrogen-bond acceptors (Lipinski definition) is 4. The van der Waals surface area contributed by atoms with Gasteiger partial charge in [-0.1, -0.05) is 13.3 Å². The minimum atomic E-state index is -0.0748. The van der Waals surface area contributed by atoms with E-state index in [4.69, 9.17) is 4.74 Å². The van der Waals surface area contributed by atoms with Crippen molar-refractivity contribution in [1.82, 2.24) is 5.32 Å². The van der Waals surface area contributed by atoms with E-state index in [-0.39, 0.29) is 11.8 Å². The Morgan fingerprint density at radius 2 is 1.95 bits per heavy atom. The van der Waals surface area contributed by atoms with E-state index < -0.39 is 0 Å². The van der Waals surface area contributed by atoms with Crippen LogP contribution in [0.25, 0.3) is 0 Å². The lowest BCUT2D eigenvalue weighted by atomic mass is 10.0. The summed E-state index contributed by atoms with van der Waals surface area (Å²) in [5, 5.41) is 3.10. The van der Waals surface area contributed by atoms with Crippen molar-refractivity contribution in [2.75, 3.05) is 38.3 Å². The molecule has 1 fully saturated rings. The Morgan fingerprint density at radius 1 is 1.30 bits per heavy atom. The molecule has 1 unspecified atom stereocenters. The number of morpholine rings is 1. The van der Waals surface area contributed by atoms with Gasteiger partial charge in [0.1, 0.15) is 0 Å². The van der Waals surface area contributed by atoms with E-state index in [9.17, 15) is 4.79 Å². The summed E-state index contributed by atoms with van der Waals surface area (Å²) in [6.45, 7) is 5.49. The fourth-order valence-corrected chi connectivity index (χ4v) is 2.55. The number of benzene rings is 1. The summed E-state index contributed by atoms with van der Waals surface area (Å²) >= 11 is 0. The maximum atomic E-state index is 12.4. The lowest BCUT2D eigenvalue weighted by Crippen LogP contribution is -2.36. The smallest absolute Gasteiger partial charge is 0.179 e. The number of anilines is 1. The third-order valence-electron chi connectivity index (χ3n) is 3.77. The van der Waals surface area contributed by atoms with Gasteiger partial charge in [-0.15, -0.1) is 0 Å². The van der Waals surface area contributed by atoms with Crippen molar-refractivity contribution in [1.29, 1.82) is 0 Å². The lowest BCUT2D eigenvalue weighted by molar-refractivity contribution is 0.0942. The van der Waals surface area contributed by atoms with Crippen LogP contribution >= 0.6 is 0 Å². The Bertz CT molecular complexity index is 425. The van der Waals surface area contributed by atoms with E-state index >= 15 is 0 Å². The topological polar surface area (TPSA) is 41.6 Å². The highest BCUT2D eigenvalue weighted by Crippen LogP contribution is 2.18. The van der Waals surface area contributed by atoms with Crippen LogP contribution < -0.4 is 10.2 Å². The zero-order valence-electron chi connectivity index (χ0n) is 12.4. The Balaban J connectivity index is 2.05. The lowest BCUT2D eigenvalue weighted by Gasteiger charge is -2.29. The van der Waals surface area contributed by atoms with Crippen molar-refractivity contribution >= 4 is 11.5 Å². The monoisotopic (exact) mass is 276 g/mol. The van der Waals surface area contributed by atoms with Gasteiger partial charge >= 0.3 is 0 Å². The molecule has 0 bridgehead atoms. The first-order valence-corrected chi connectivity index (χ1v) is 7.40. The molecule has 4 heteroatoms. The van der Waals surface area contributed by atoms with Gasteiger partial charge in [-0.2, -0.15) is 0 Å². The number of Topliss-reactive ketones (excluding diaryl/α,β-unsaturated/α-hetero) is 1. The van der Waals surface area contributed by atoms with E-state index in [1.54, 1.807) is 0 Å². The average Bonchev–Trinajstić information content (AvgIpc) is 2.53. The molecule has 4 nitrogen and oxygen atoms in total. The molecule has 1 N–H and O–H groups in total. The first kappa shape index (κ1) is 15.0. The molecule has 0 saturated carbocycles. The largest absolute Gasteiger partial charge is 0.378 e. The van der Waals surface area contributed by atoms with Crippen molar-refractivity contribution in [3.8, 4) is 0 Å². The predicted octanol–water partition coefficient (Wildman–Crippen LogP) is 2.09. The van der Waals surface area contributed by atoms with Gasteiger partial charge in [0.25, 0.3) is 0 Å². The van der Waals surface area contributed by atoms with Crippen LogP contribution in [0, 0.1) is 0 Å². The summed E-state index contributed by atoms with van der Waals surface area (Å²) in [6, 6.07) is 7.88. The minimum Gasteiger partial charge on any atom is -0.378 e. The zero-order valence-corrected chi connectivity index (χ0v) is 12.4. The third-order valence-corrected chi connectivity index (χ3v) is 3.77. The van der Waals surface area contributed by atoms with Gasteiger partial charge in [-0.3, -0.25) is 4.79 Å². The zero-order chi connectivity index (χ0) is 14.4. The summed E-state index contributed by atoms with van der Waals surface area (Å²) in [7, 11) is 1.85. The number of hydrogen-bond donors (Lipinski definition) is 1. The predicted molar refractivity (Wildman–Crippen MR) is 81.6 cm³/mol. The Morgan fingerprint density at radius 3 is 2.50 bits per heavy atom. The fraction of sp³-hybridized carbons (Fsp3) is 0.562. The number of rotatable bonds is 6. The number of carbonyl (C=O) groups excluding carboxylic acids is 1. The van der Waals surface area contributed by atoms with Crippen molar-refractivity contribution in [3.05, 3.63) is 29.8 Å². The maximum Gasteiger partial charge on any atom is 0.179 e. The third kappa shape index (κ3) is 3.58. The van der Waals surface area contributed by atoms with E-state index in [2.05, 4.69) is 17.1 Å². The van der Waals surface area contributed by atoms with E-state index in [1.165, 1.54) is 5.69 Å². The summed E-state index contributed by atoms with van der Waals surface area (Å²) in [4.78, 5) is 14.6. The number of nitrogens with one attached hydrogen (secondary N) is 1. The first-order chi connectivity index (χ1) is 9.76. The van der Waals surface area contributed by atoms with Crippen LogP contribution in [0.5, 0.6) is 0 Å². The molecule has 1 aromatic carbocycles. The molecule has 2 rings (SSSR count). The second kappa shape index (κ2) is 7.41. The highest BCUT2D eigenvalue weighted by atomic mass is 16.5. The van der Waals surface area contributed by atoms with Crippen molar-refractivity contribution in [3.63, 3.8) is 0 Å². The van der Waals surface area contributed by atoms with Gasteiger partial charge in [0.2, 0.25) is 0 Å². The number of likely N-dealkylation sites (N-methyl/N-ethyl adjacent to an activating group) is 1. The molecular formula is C16H24N2O2. The summed E-state index contributed by atoms with van der Waals surface area (Å²) in [5.41, 5.74) is 1.95. The standard InChI is InChI=1S/C16H24N2O2/c1-3-4-15(17-2)16(19)13-5-7-14(8-6-13)18-9-11-20-12-10-18/h5-8,15,17H,3-4,9-12H2,1-2H3. The van der Waals surface area contributed by atoms with Gasteiger partial charge in [0.15, 0.2) is 5.78 Å².